The molecule has 2 saturated heterocycles. The third-order valence-electron chi connectivity index (χ3n) is 8.88. The van der Waals surface area contributed by atoms with Crippen molar-refractivity contribution in [3.63, 3.8) is 0 Å². The molecule has 0 spiro atoms. The summed E-state index contributed by atoms with van der Waals surface area (Å²) < 4.78 is 32.6. The summed E-state index contributed by atoms with van der Waals surface area (Å²) in [6.45, 7) is 6.31. The van der Waals surface area contributed by atoms with Crippen molar-refractivity contribution in [1.29, 1.82) is 0 Å². The lowest BCUT2D eigenvalue weighted by atomic mass is 9.96. The molecule has 0 radical (unpaired) electrons. The van der Waals surface area contributed by atoms with Gasteiger partial charge in [-0.15, -0.1) is 5.10 Å². The average Bonchev–Trinajstić information content (AvgIpc) is 3.69. The van der Waals surface area contributed by atoms with Gasteiger partial charge in [-0.05, 0) is 43.0 Å². The number of carbonyl (C=O) groups is 2. The predicted octanol–water partition coefficient (Wildman–Crippen LogP) is 5.95. The lowest BCUT2D eigenvalue weighted by Crippen LogP contribution is -2.63. The van der Waals surface area contributed by atoms with Crippen LogP contribution in [0.5, 0.6) is 0 Å². The number of benzene rings is 3. The molecule has 3 aromatic carbocycles. The number of esters is 1. The number of carbonyl (C=O) groups excluding carboxylic acids is 2. The third-order valence-corrected chi connectivity index (χ3v) is 8.88. The van der Waals surface area contributed by atoms with E-state index in [4.69, 9.17) is 23.7 Å². The van der Waals surface area contributed by atoms with Crippen molar-refractivity contribution in [2.45, 2.75) is 109 Å². The highest BCUT2D eigenvalue weighted by Crippen LogP contribution is 2.38. The summed E-state index contributed by atoms with van der Waals surface area (Å²) in [5.41, 5.74) is 2.75. The van der Waals surface area contributed by atoms with Crippen LogP contribution in [-0.4, -0.2) is 69.9 Å². The maximum atomic E-state index is 12.3. The molecular formula is C38H46N4O7. The van der Waals surface area contributed by atoms with Gasteiger partial charge in [-0.1, -0.05) is 97.3 Å². The van der Waals surface area contributed by atoms with Crippen LogP contribution in [0.3, 0.4) is 0 Å². The molecule has 3 heterocycles. The smallest absolute Gasteiger partial charge is 0.306 e. The summed E-state index contributed by atoms with van der Waals surface area (Å²) in [4.78, 5) is 24.4. The van der Waals surface area contributed by atoms with E-state index >= 15 is 0 Å². The molecule has 2 aliphatic heterocycles. The number of unbranched alkanes of at least 4 members (excludes halogenated alkanes) is 4. The van der Waals surface area contributed by atoms with Crippen molar-refractivity contribution in [3.05, 3.63) is 84.6 Å². The molecule has 11 heteroatoms. The lowest BCUT2D eigenvalue weighted by molar-refractivity contribution is -0.248. The van der Waals surface area contributed by atoms with Gasteiger partial charge in [0.2, 0.25) is 5.91 Å². The minimum Gasteiger partial charge on any atom is -0.461 e. The zero-order chi connectivity index (χ0) is 34.2. The van der Waals surface area contributed by atoms with E-state index in [1.807, 2.05) is 74.6 Å². The number of ether oxygens (including phenoxy) is 5. The molecule has 1 N–H and O–H groups in total. The summed E-state index contributed by atoms with van der Waals surface area (Å²) in [6.07, 6.45) is 4.61. The molecule has 1 amide bonds. The summed E-state index contributed by atoms with van der Waals surface area (Å²) in [7, 11) is 0. The Hall–Kier alpha value is -4.16. The number of nitrogens with zero attached hydrogens (tertiary/aromatic N) is 3. The normalized spacial score (nSPS) is 22.9. The van der Waals surface area contributed by atoms with E-state index in [1.165, 1.54) is 6.92 Å². The predicted molar refractivity (Wildman–Crippen MR) is 183 cm³/mol. The second kappa shape index (κ2) is 16.0. The summed E-state index contributed by atoms with van der Waals surface area (Å²) in [5.74, 6) is -1.24. The first-order chi connectivity index (χ1) is 23.8. The molecule has 49 heavy (non-hydrogen) atoms. The van der Waals surface area contributed by atoms with Crippen LogP contribution >= 0.6 is 0 Å². The Morgan fingerprint density at radius 2 is 1.63 bits per heavy atom. The maximum Gasteiger partial charge on any atom is 0.306 e. The first kappa shape index (κ1) is 34.7. The standard InChI is InChI=1S/C38H46N4O7/c1-26(43)39-34-36-35(48-38(2,3)49-36)32(24-42-23-31(40-41-42)30-20-14-18-28-17-11-12-19-29(28)30)47-37(34)45-22-13-6-4-5-10-21-33(44)46-25-27-15-8-7-9-16-27/h7-9,11-12,14-20,23,32,34-37H,4-6,10,13,21-22,24-25H2,1-3H3,(H,39,43). The summed E-state index contributed by atoms with van der Waals surface area (Å²) in [6, 6.07) is 23.5. The van der Waals surface area contributed by atoms with Gasteiger partial charge < -0.3 is 29.0 Å². The molecule has 0 bridgehead atoms. The highest BCUT2D eigenvalue weighted by Gasteiger charge is 2.56. The van der Waals surface area contributed by atoms with E-state index in [1.54, 1.807) is 4.68 Å². The van der Waals surface area contributed by atoms with Gasteiger partial charge in [0.25, 0.3) is 0 Å². The molecule has 4 aromatic rings. The lowest BCUT2D eigenvalue weighted by Gasteiger charge is -2.42. The van der Waals surface area contributed by atoms with Gasteiger partial charge in [-0.25, -0.2) is 4.68 Å². The molecule has 5 unspecified atom stereocenters. The minimum atomic E-state index is -0.868. The van der Waals surface area contributed by atoms with Crippen LogP contribution in [0.25, 0.3) is 22.0 Å². The van der Waals surface area contributed by atoms with Gasteiger partial charge in [0, 0.05) is 25.5 Å². The Bertz CT molecular complexity index is 1690. The van der Waals surface area contributed by atoms with Crippen molar-refractivity contribution < 1.29 is 33.3 Å². The average molecular weight is 671 g/mol. The van der Waals surface area contributed by atoms with Gasteiger partial charge in [0.05, 0.1) is 12.7 Å². The number of hydrogen-bond donors (Lipinski definition) is 1. The van der Waals surface area contributed by atoms with Gasteiger partial charge in [-0.2, -0.15) is 0 Å². The zero-order valence-corrected chi connectivity index (χ0v) is 28.5. The topological polar surface area (TPSA) is 123 Å². The quantitative estimate of drug-likeness (QED) is 0.121. The minimum absolute atomic E-state index is 0.171. The largest absolute Gasteiger partial charge is 0.461 e. The van der Waals surface area contributed by atoms with Crippen LogP contribution in [-0.2, 0) is 46.4 Å². The number of hydrogen-bond acceptors (Lipinski definition) is 9. The Kier molecular flexibility index (Phi) is 11.4. The maximum absolute atomic E-state index is 12.3. The van der Waals surface area contributed by atoms with Crippen LogP contribution in [0.15, 0.2) is 79.0 Å². The van der Waals surface area contributed by atoms with Crippen molar-refractivity contribution in [3.8, 4) is 11.3 Å². The van der Waals surface area contributed by atoms with Crippen molar-refractivity contribution in [2.75, 3.05) is 6.61 Å². The number of nitrogens with one attached hydrogen (secondary N) is 1. The molecule has 260 valence electrons. The van der Waals surface area contributed by atoms with Crippen LogP contribution in [0, 0.1) is 0 Å². The van der Waals surface area contributed by atoms with Gasteiger partial charge in [0.15, 0.2) is 12.1 Å². The van der Waals surface area contributed by atoms with E-state index in [-0.39, 0.29) is 11.9 Å². The van der Waals surface area contributed by atoms with Crippen LogP contribution in [0.1, 0.15) is 64.9 Å². The molecule has 11 nitrogen and oxygen atoms in total. The fraction of sp³-hybridized carbons (Fsp3) is 0.474. The number of fused-ring (bicyclic) bond motifs is 2. The van der Waals surface area contributed by atoms with E-state index < -0.39 is 36.4 Å². The molecule has 2 fully saturated rings. The van der Waals surface area contributed by atoms with E-state index in [0.29, 0.717) is 26.2 Å². The first-order valence-electron chi connectivity index (χ1n) is 17.2. The summed E-state index contributed by atoms with van der Waals surface area (Å²) in [5, 5.41) is 14.2. The van der Waals surface area contributed by atoms with Gasteiger partial charge in [-0.3, -0.25) is 9.59 Å². The third kappa shape index (κ3) is 9.10. The van der Waals surface area contributed by atoms with E-state index in [0.717, 1.165) is 59.7 Å². The van der Waals surface area contributed by atoms with Crippen LogP contribution < -0.4 is 5.32 Å². The second-order valence-electron chi connectivity index (χ2n) is 13.2. The SMILES string of the molecule is CC(=O)NC1C(OCCCCCCCC(=O)OCc2ccccc2)OC(Cn2cc(-c3cccc4ccccc34)nn2)C2OC(C)(C)OC12. The monoisotopic (exact) mass is 670 g/mol. The van der Waals surface area contributed by atoms with E-state index in [2.05, 4.69) is 33.8 Å². The molecule has 2 aliphatic rings. The first-order valence-corrected chi connectivity index (χ1v) is 17.2. The van der Waals surface area contributed by atoms with E-state index in [9.17, 15) is 9.59 Å². The Labute approximate surface area is 287 Å². The molecular weight excluding hydrogens is 624 g/mol. The van der Waals surface area contributed by atoms with Gasteiger partial charge in [0.1, 0.15) is 36.7 Å². The zero-order valence-electron chi connectivity index (χ0n) is 28.5. The highest BCUT2D eigenvalue weighted by molar-refractivity contribution is 5.95. The number of rotatable bonds is 15. The number of aromatic nitrogens is 3. The van der Waals surface area contributed by atoms with Crippen LogP contribution in [0.2, 0.25) is 0 Å². The molecule has 6 rings (SSSR count). The van der Waals surface area contributed by atoms with Crippen molar-refractivity contribution >= 4 is 22.6 Å². The van der Waals surface area contributed by atoms with Gasteiger partial charge >= 0.3 is 5.97 Å². The fourth-order valence-electron chi connectivity index (χ4n) is 6.60. The molecule has 1 aromatic heterocycles. The summed E-state index contributed by atoms with van der Waals surface area (Å²) >= 11 is 0. The highest BCUT2D eigenvalue weighted by atomic mass is 16.8. The number of amides is 1. The fourth-order valence-corrected chi connectivity index (χ4v) is 6.60. The molecule has 5 atom stereocenters. The van der Waals surface area contributed by atoms with Crippen LogP contribution in [0.4, 0.5) is 0 Å². The molecule has 0 saturated carbocycles. The second-order valence-corrected chi connectivity index (χ2v) is 13.2. The Morgan fingerprint density at radius 3 is 2.47 bits per heavy atom. The van der Waals surface area contributed by atoms with Crippen molar-refractivity contribution in [1.82, 2.24) is 20.3 Å². The Balaban J connectivity index is 1.02. The molecule has 0 aliphatic carbocycles. The Morgan fingerprint density at radius 1 is 0.898 bits per heavy atom. The van der Waals surface area contributed by atoms with Crippen molar-refractivity contribution in [2.24, 2.45) is 0 Å².